The summed E-state index contributed by atoms with van der Waals surface area (Å²) in [5, 5.41) is 48.0. The van der Waals surface area contributed by atoms with Gasteiger partial charge in [0, 0.05) is 23.8 Å². The zero-order chi connectivity index (χ0) is 27.0. The van der Waals surface area contributed by atoms with Crippen LogP contribution < -0.4 is 4.74 Å². The molecule has 11 heteroatoms. The van der Waals surface area contributed by atoms with Crippen LogP contribution in [-0.4, -0.2) is 75.2 Å². The van der Waals surface area contributed by atoms with E-state index in [1.54, 1.807) is 36.4 Å². The monoisotopic (exact) mass is 543 g/mol. The number of rotatable bonds is 17. The number of carbonyl (C=O) groups is 1. The van der Waals surface area contributed by atoms with Crippen molar-refractivity contribution in [3.63, 3.8) is 0 Å². The number of hydrogen-bond donors (Lipinski definition) is 5. The highest BCUT2D eigenvalue weighted by Crippen LogP contribution is 2.36. The number of benzene rings is 1. The number of allylic oxidation sites excluding steroid dienone is 2. The van der Waals surface area contributed by atoms with Gasteiger partial charge in [-0.2, -0.15) is 0 Å². The van der Waals surface area contributed by atoms with Crippen LogP contribution in [0.2, 0.25) is 5.02 Å². The molecule has 10 nitrogen and oxygen atoms in total. The molecule has 0 aliphatic heterocycles. The maximum atomic E-state index is 11.7. The van der Waals surface area contributed by atoms with Crippen molar-refractivity contribution in [3.05, 3.63) is 53.6 Å². The molecule has 0 heterocycles. The van der Waals surface area contributed by atoms with Gasteiger partial charge in [0.2, 0.25) is 0 Å². The van der Waals surface area contributed by atoms with Crippen LogP contribution in [-0.2, 0) is 14.4 Å². The van der Waals surface area contributed by atoms with Crippen LogP contribution in [0.4, 0.5) is 0 Å². The van der Waals surface area contributed by atoms with Gasteiger partial charge < -0.3 is 24.8 Å². The Labute approximate surface area is 222 Å². The molecule has 37 heavy (non-hydrogen) atoms. The van der Waals surface area contributed by atoms with E-state index in [1.807, 2.05) is 12.2 Å². The molecule has 1 aromatic carbocycles. The van der Waals surface area contributed by atoms with Gasteiger partial charge in [-0.3, -0.25) is 20.0 Å². The Kier molecular flexibility index (Phi) is 14.7. The minimum Gasteiger partial charge on any atom is -0.491 e. The lowest BCUT2D eigenvalue weighted by molar-refractivity contribution is -0.492. The van der Waals surface area contributed by atoms with Gasteiger partial charge >= 0.3 is 5.97 Å². The van der Waals surface area contributed by atoms with E-state index in [4.69, 9.17) is 31.5 Å². The summed E-state index contributed by atoms with van der Waals surface area (Å²) in [5.74, 6) is -0.213. The molecular weight excluding hydrogens is 506 g/mol. The predicted octanol–water partition coefficient (Wildman–Crippen LogP) is 3.45. The Morgan fingerprint density at radius 2 is 1.92 bits per heavy atom. The van der Waals surface area contributed by atoms with Crippen LogP contribution in [0.5, 0.6) is 5.75 Å². The molecule has 1 aliphatic carbocycles. The standard InChI is InChI=1S/C26H38ClNO9/c27-19-8-7-9-21(16-19)36-18-20(29)12-13-23-22(24(30)17-25(23)31)10-3-1-2-4-11-26(32)35-14-5-6-15-37-28(33)34/h1,3,7-9,12-13,16,20,22-25,29-31,33-34H,2,4-6,10-11,14-15,17-18H2/b3-1-,13-12+/t20-,22-,23-,24+,25-/m1/s1. The van der Waals surface area contributed by atoms with Crippen LogP contribution in [0, 0.1) is 11.8 Å². The fourth-order valence-corrected chi connectivity index (χ4v) is 4.28. The second kappa shape index (κ2) is 17.5. The first-order chi connectivity index (χ1) is 17.8. The third kappa shape index (κ3) is 12.9. The average molecular weight is 544 g/mol. The highest BCUT2D eigenvalue weighted by molar-refractivity contribution is 6.30. The molecule has 0 bridgehead atoms. The Bertz CT molecular complexity index is 851. The number of halogens is 1. The molecule has 0 radical (unpaired) electrons. The van der Waals surface area contributed by atoms with E-state index in [0.29, 0.717) is 42.9 Å². The number of carbonyl (C=O) groups excluding carboxylic acids is 1. The molecular formula is C26H38ClNO9. The molecule has 0 unspecified atom stereocenters. The van der Waals surface area contributed by atoms with E-state index in [0.717, 1.165) is 0 Å². The van der Waals surface area contributed by atoms with Crippen molar-refractivity contribution in [2.75, 3.05) is 19.8 Å². The van der Waals surface area contributed by atoms with Crippen molar-refractivity contribution >= 4 is 17.6 Å². The molecule has 0 spiro atoms. The first-order valence-electron chi connectivity index (χ1n) is 12.5. The van der Waals surface area contributed by atoms with Gasteiger partial charge in [-0.05, 0) is 56.2 Å². The Morgan fingerprint density at radius 1 is 1.14 bits per heavy atom. The zero-order valence-electron chi connectivity index (χ0n) is 20.8. The Hall–Kier alpha value is -2.02. The lowest BCUT2D eigenvalue weighted by atomic mass is 9.89. The van der Waals surface area contributed by atoms with E-state index in [9.17, 15) is 20.1 Å². The molecule has 0 saturated heterocycles. The fourth-order valence-electron chi connectivity index (χ4n) is 4.10. The summed E-state index contributed by atoms with van der Waals surface area (Å²) < 4.78 is 10.6. The number of aliphatic hydroxyl groups is 3. The third-order valence-electron chi connectivity index (χ3n) is 6.02. The van der Waals surface area contributed by atoms with Crippen molar-refractivity contribution in [1.29, 1.82) is 0 Å². The molecule has 1 fully saturated rings. The van der Waals surface area contributed by atoms with Gasteiger partial charge in [0.25, 0.3) is 0 Å². The highest BCUT2D eigenvalue weighted by atomic mass is 35.5. The molecule has 0 aromatic heterocycles. The lowest BCUT2D eigenvalue weighted by Gasteiger charge is -2.19. The number of unbranched alkanes of at least 4 members (excludes halogenated alkanes) is 2. The van der Waals surface area contributed by atoms with Crippen LogP contribution in [0.3, 0.4) is 0 Å². The van der Waals surface area contributed by atoms with Gasteiger partial charge in [-0.15, -0.1) is 0 Å². The number of hydrogen-bond acceptors (Lipinski definition) is 10. The van der Waals surface area contributed by atoms with Crippen molar-refractivity contribution in [2.24, 2.45) is 11.8 Å². The third-order valence-corrected chi connectivity index (χ3v) is 6.26. The molecule has 2 rings (SSSR count). The number of ether oxygens (including phenoxy) is 2. The van der Waals surface area contributed by atoms with E-state index < -0.39 is 18.3 Å². The lowest BCUT2D eigenvalue weighted by Crippen LogP contribution is -2.21. The van der Waals surface area contributed by atoms with Gasteiger partial charge in [0.05, 0.1) is 30.8 Å². The molecule has 5 N–H and O–H groups in total. The molecule has 5 atom stereocenters. The average Bonchev–Trinajstić information content (AvgIpc) is 3.12. The summed E-state index contributed by atoms with van der Waals surface area (Å²) in [6, 6.07) is 6.89. The summed E-state index contributed by atoms with van der Waals surface area (Å²) >= 11 is 5.93. The Balaban J connectivity index is 1.65. The van der Waals surface area contributed by atoms with Crippen LogP contribution >= 0.6 is 11.6 Å². The fraction of sp³-hybridized carbons (Fsp3) is 0.577. The zero-order valence-corrected chi connectivity index (χ0v) is 21.5. The van der Waals surface area contributed by atoms with E-state index in [-0.39, 0.29) is 55.9 Å². The van der Waals surface area contributed by atoms with Crippen molar-refractivity contribution in [3.8, 4) is 5.75 Å². The first kappa shape index (κ1) is 31.2. The van der Waals surface area contributed by atoms with Crippen LogP contribution in [0.25, 0.3) is 0 Å². The van der Waals surface area contributed by atoms with Gasteiger partial charge in [-0.25, -0.2) is 0 Å². The summed E-state index contributed by atoms with van der Waals surface area (Å²) in [6.45, 7) is 0.389. The van der Waals surface area contributed by atoms with E-state index in [2.05, 4.69) is 4.84 Å². The van der Waals surface area contributed by atoms with E-state index >= 15 is 0 Å². The largest absolute Gasteiger partial charge is 0.491 e. The minimum atomic E-state index is -0.875. The van der Waals surface area contributed by atoms with Crippen molar-refractivity contribution < 1.29 is 44.8 Å². The summed E-state index contributed by atoms with van der Waals surface area (Å²) in [5.41, 5.74) is 0. The maximum Gasteiger partial charge on any atom is 0.305 e. The molecule has 1 aromatic rings. The number of nitrogens with zero attached hydrogens (tertiary/aromatic N) is 1. The molecule has 1 saturated carbocycles. The Morgan fingerprint density at radius 3 is 2.68 bits per heavy atom. The number of esters is 1. The molecule has 0 amide bonds. The van der Waals surface area contributed by atoms with Crippen LogP contribution in [0.15, 0.2) is 48.6 Å². The topological polar surface area (TPSA) is 149 Å². The summed E-state index contributed by atoms with van der Waals surface area (Å²) in [4.78, 5) is 16.2. The number of aliphatic hydroxyl groups excluding tert-OH is 3. The second-order valence-corrected chi connectivity index (χ2v) is 9.38. The predicted molar refractivity (Wildman–Crippen MR) is 135 cm³/mol. The van der Waals surface area contributed by atoms with Gasteiger partial charge in [-0.1, -0.05) is 42.0 Å². The summed E-state index contributed by atoms with van der Waals surface area (Å²) in [6.07, 6.45) is 8.51. The molecule has 1 aliphatic rings. The maximum absolute atomic E-state index is 11.7. The second-order valence-electron chi connectivity index (χ2n) is 8.95. The van der Waals surface area contributed by atoms with Crippen molar-refractivity contribution in [1.82, 2.24) is 5.39 Å². The highest BCUT2D eigenvalue weighted by Gasteiger charge is 2.39. The van der Waals surface area contributed by atoms with Gasteiger partial charge in [0.15, 0.2) is 0 Å². The SMILES string of the molecule is O=C(CCC/C=C\C[C@@H]1[C@@H](/C=C/[C@@H](O)COc2cccc(Cl)c2)[C@H](O)C[C@@H]1O)OCCCCON(O)O. The smallest absolute Gasteiger partial charge is 0.305 e. The van der Waals surface area contributed by atoms with Gasteiger partial charge in [0.1, 0.15) is 18.5 Å². The summed E-state index contributed by atoms with van der Waals surface area (Å²) in [7, 11) is 0. The normalized spacial score (nSPS) is 22.8. The van der Waals surface area contributed by atoms with Crippen molar-refractivity contribution in [2.45, 2.75) is 63.3 Å². The quantitative estimate of drug-likeness (QED) is 0.0855. The van der Waals surface area contributed by atoms with E-state index in [1.165, 1.54) is 0 Å². The van der Waals surface area contributed by atoms with Crippen LogP contribution in [0.1, 0.15) is 44.9 Å². The first-order valence-corrected chi connectivity index (χ1v) is 12.9. The molecule has 208 valence electrons. The minimum absolute atomic E-state index is 0.0375.